The van der Waals surface area contributed by atoms with Gasteiger partial charge >= 0.3 is 5.97 Å². The van der Waals surface area contributed by atoms with Gasteiger partial charge in [-0.1, -0.05) is 32.1 Å². The van der Waals surface area contributed by atoms with Crippen molar-refractivity contribution in [2.24, 2.45) is 0 Å². The van der Waals surface area contributed by atoms with Gasteiger partial charge in [0.15, 0.2) is 0 Å². The number of methoxy groups -OCH3 is 1. The van der Waals surface area contributed by atoms with E-state index in [9.17, 15) is 4.79 Å². The highest BCUT2D eigenvalue weighted by atomic mass is 16.5. The third kappa shape index (κ3) is 4.27. The number of ether oxygens (including phenoxy) is 1. The fourth-order valence-electron chi connectivity index (χ4n) is 2.66. The van der Waals surface area contributed by atoms with E-state index in [0.717, 1.165) is 5.69 Å². The van der Waals surface area contributed by atoms with Crippen molar-refractivity contribution >= 4 is 11.7 Å². The van der Waals surface area contributed by atoms with Gasteiger partial charge in [-0.05, 0) is 37.1 Å². The van der Waals surface area contributed by atoms with Crippen molar-refractivity contribution in [3.8, 4) is 0 Å². The van der Waals surface area contributed by atoms with Crippen LogP contribution in [0.5, 0.6) is 0 Å². The molecule has 0 amide bonds. The monoisotopic (exact) mass is 261 g/mol. The molecule has 0 aliphatic heterocycles. The van der Waals surface area contributed by atoms with E-state index in [4.69, 9.17) is 4.74 Å². The van der Waals surface area contributed by atoms with Crippen LogP contribution >= 0.6 is 0 Å². The summed E-state index contributed by atoms with van der Waals surface area (Å²) in [7, 11) is 1.41. The first-order chi connectivity index (χ1) is 9.29. The van der Waals surface area contributed by atoms with Gasteiger partial charge in [-0.25, -0.2) is 4.79 Å². The molecule has 1 fully saturated rings. The molecule has 0 saturated heterocycles. The first kappa shape index (κ1) is 13.9. The second-order valence-electron chi connectivity index (χ2n) is 5.26. The molecule has 1 aromatic rings. The van der Waals surface area contributed by atoms with Crippen LogP contribution < -0.4 is 5.32 Å². The average molecular weight is 261 g/mol. The zero-order valence-corrected chi connectivity index (χ0v) is 11.7. The molecule has 1 saturated carbocycles. The van der Waals surface area contributed by atoms with Crippen LogP contribution in [0, 0.1) is 0 Å². The third-order valence-corrected chi connectivity index (χ3v) is 3.78. The summed E-state index contributed by atoms with van der Waals surface area (Å²) in [6.45, 7) is 0. The average Bonchev–Trinajstić information content (AvgIpc) is 2.41. The Bertz CT molecular complexity index is 392. The van der Waals surface area contributed by atoms with Gasteiger partial charge in [-0.2, -0.15) is 0 Å². The minimum Gasteiger partial charge on any atom is -0.465 e. The summed E-state index contributed by atoms with van der Waals surface area (Å²) >= 11 is 0. The Balaban J connectivity index is 1.92. The lowest BCUT2D eigenvalue weighted by molar-refractivity contribution is 0.0601. The van der Waals surface area contributed by atoms with Crippen LogP contribution in [0.4, 0.5) is 5.69 Å². The van der Waals surface area contributed by atoms with Crippen LogP contribution in [0.15, 0.2) is 24.3 Å². The van der Waals surface area contributed by atoms with Gasteiger partial charge in [0.1, 0.15) is 0 Å². The van der Waals surface area contributed by atoms with Gasteiger partial charge in [-0.3, -0.25) is 0 Å². The molecule has 0 bridgehead atoms. The number of rotatable bonds is 3. The predicted octanol–water partition coefficient (Wildman–Crippen LogP) is 4.00. The van der Waals surface area contributed by atoms with E-state index in [-0.39, 0.29) is 5.97 Å². The van der Waals surface area contributed by atoms with Gasteiger partial charge in [0.05, 0.1) is 12.7 Å². The molecule has 0 radical (unpaired) electrons. The largest absolute Gasteiger partial charge is 0.465 e. The van der Waals surface area contributed by atoms with Crippen molar-refractivity contribution in [1.82, 2.24) is 0 Å². The van der Waals surface area contributed by atoms with E-state index in [1.54, 1.807) is 0 Å². The lowest BCUT2D eigenvalue weighted by Crippen LogP contribution is -2.20. The topological polar surface area (TPSA) is 38.3 Å². The summed E-state index contributed by atoms with van der Waals surface area (Å²) < 4.78 is 4.70. The van der Waals surface area contributed by atoms with E-state index >= 15 is 0 Å². The molecule has 0 aromatic heterocycles. The van der Waals surface area contributed by atoms with Crippen LogP contribution in [0.2, 0.25) is 0 Å². The Labute approximate surface area is 115 Å². The summed E-state index contributed by atoms with van der Waals surface area (Å²) in [5.74, 6) is -0.280. The maximum atomic E-state index is 11.4. The Morgan fingerprint density at radius 2 is 1.63 bits per heavy atom. The molecule has 3 heteroatoms. The zero-order chi connectivity index (χ0) is 13.5. The smallest absolute Gasteiger partial charge is 0.337 e. The van der Waals surface area contributed by atoms with Crippen molar-refractivity contribution in [3.63, 3.8) is 0 Å². The van der Waals surface area contributed by atoms with Crippen molar-refractivity contribution in [2.45, 2.75) is 51.0 Å². The third-order valence-electron chi connectivity index (χ3n) is 3.78. The van der Waals surface area contributed by atoms with Crippen molar-refractivity contribution in [3.05, 3.63) is 29.8 Å². The quantitative estimate of drug-likeness (QED) is 0.836. The fraction of sp³-hybridized carbons (Fsp3) is 0.562. The van der Waals surface area contributed by atoms with Crippen molar-refractivity contribution < 1.29 is 9.53 Å². The molecule has 19 heavy (non-hydrogen) atoms. The molecule has 2 rings (SSSR count). The minimum absolute atomic E-state index is 0.280. The van der Waals surface area contributed by atoms with Gasteiger partial charge in [0.2, 0.25) is 0 Å². The second kappa shape index (κ2) is 7.17. The molecule has 1 N–H and O–H groups in total. The number of benzene rings is 1. The van der Waals surface area contributed by atoms with E-state index in [0.29, 0.717) is 11.6 Å². The Morgan fingerprint density at radius 3 is 2.21 bits per heavy atom. The predicted molar refractivity (Wildman–Crippen MR) is 77.5 cm³/mol. The minimum atomic E-state index is -0.280. The molecule has 1 aliphatic carbocycles. The highest BCUT2D eigenvalue weighted by Gasteiger charge is 2.11. The van der Waals surface area contributed by atoms with Gasteiger partial charge in [0, 0.05) is 11.7 Å². The van der Waals surface area contributed by atoms with Crippen molar-refractivity contribution in [1.29, 1.82) is 0 Å². The lowest BCUT2D eigenvalue weighted by atomic mass is 9.96. The number of nitrogens with one attached hydrogen (secondary N) is 1. The molecule has 0 unspecified atom stereocenters. The highest BCUT2D eigenvalue weighted by molar-refractivity contribution is 5.89. The molecule has 0 spiro atoms. The van der Waals surface area contributed by atoms with Crippen LogP contribution in [-0.2, 0) is 4.74 Å². The number of carbonyl (C=O) groups is 1. The highest BCUT2D eigenvalue weighted by Crippen LogP contribution is 2.21. The lowest BCUT2D eigenvalue weighted by Gasteiger charge is -2.22. The SMILES string of the molecule is COC(=O)c1ccc(NC2CCCCCCC2)cc1. The van der Waals surface area contributed by atoms with Crippen LogP contribution in [0.25, 0.3) is 0 Å². The van der Waals surface area contributed by atoms with Gasteiger partial charge in [-0.15, -0.1) is 0 Å². The summed E-state index contributed by atoms with van der Waals surface area (Å²) in [5.41, 5.74) is 1.70. The summed E-state index contributed by atoms with van der Waals surface area (Å²) in [4.78, 5) is 11.4. The summed E-state index contributed by atoms with van der Waals surface area (Å²) in [6, 6.07) is 8.13. The number of anilines is 1. The Hall–Kier alpha value is -1.51. The summed E-state index contributed by atoms with van der Waals surface area (Å²) in [5, 5.41) is 3.58. The second-order valence-corrected chi connectivity index (χ2v) is 5.26. The van der Waals surface area contributed by atoms with E-state index < -0.39 is 0 Å². The number of hydrogen-bond donors (Lipinski definition) is 1. The number of carbonyl (C=O) groups excluding carboxylic acids is 1. The molecular weight excluding hydrogens is 238 g/mol. The zero-order valence-electron chi connectivity index (χ0n) is 11.7. The number of esters is 1. The molecule has 0 atom stereocenters. The van der Waals surface area contributed by atoms with E-state index in [2.05, 4.69) is 5.32 Å². The maximum Gasteiger partial charge on any atom is 0.337 e. The fourth-order valence-corrected chi connectivity index (χ4v) is 2.66. The molecule has 1 aromatic carbocycles. The Morgan fingerprint density at radius 1 is 1.05 bits per heavy atom. The van der Waals surface area contributed by atoms with Crippen LogP contribution in [0.3, 0.4) is 0 Å². The molecule has 104 valence electrons. The molecule has 0 heterocycles. The van der Waals surface area contributed by atoms with E-state index in [1.807, 2.05) is 24.3 Å². The Kier molecular flexibility index (Phi) is 5.25. The molecular formula is C16H23NO2. The first-order valence-electron chi connectivity index (χ1n) is 7.24. The maximum absolute atomic E-state index is 11.4. The first-order valence-corrected chi connectivity index (χ1v) is 7.24. The standard InChI is InChI=1S/C16H23NO2/c1-19-16(18)13-9-11-15(12-10-13)17-14-7-5-3-2-4-6-8-14/h9-12,14,17H,2-8H2,1H3. The summed E-state index contributed by atoms with van der Waals surface area (Å²) in [6.07, 6.45) is 9.24. The van der Waals surface area contributed by atoms with Crippen molar-refractivity contribution in [2.75, 3.05) is 12.4 Å². The van der Waals surface area contributed by atoms with Crippen LogP contribution in [0.1, 0.15) is 55.3 Å². The normalized spacial score (nSPS) is 17.3. The van der Waals surface area contributed by atoms with Gasteiger partial charge < -0.3 is 10.1 Å². The number of hydrogen-bond acceptors (Lipinski definition) is 3. The van der Waals surface area contributed by atoms with Crippen LogP contribution in [-0.4, -0.2) is 19.1 Å². The molecule has 3 nitrogen and oxygen atoms in total. The molecule has 1 aliphatic rings. The van der Waals surface area contributed by atoms with E-state index in [1.165, 1.54) is 52.1 Å². The van der Waals surface area contributed by atoms with Gasteiger partial charge in [0.25, 0.3) is 0 Å².